The van der Waals surface area contributed by atoms with Crippen molar-refractivity contribution >= 4 is 17.5 Å². The summed E-state index contributed by atoms with van der Waals surface area (Å²) in [5.41, 5.74) is 4.77. The Labute approximate surface area is 152 Å². The monoisotopic (exact) mass is 351 g/mol. The summed E-state index contributed by atoms with van der Waals surface area (Å²) in [6.07, 6.45) is 2.52. The van der Waals surface area contributed by atoms with E-state index in [2.05, 4.69) is 10.2 Å². The average Bonchev–Trinajstić information content (AvgIpc) is 2.70. The first-order chi connectivity index (χ1) is 12.6. The summed E-state index contributed by atoms with van der Waals surface area (Å²) in [6.45, 7) is 7.51. The number of hydrogen-bond donors (Lipinski definition) is 3. The van der Waals surface area contributed by atoms with Crippen LogP contribution >= 0.6 is 0 Å². The van der Waals surface area contributed by atoms with Gasteiger partial charge in [-0.3, -0.25) is 14.8 Å². The highest BCUT2D eigenvalue weighted by Gasteiger charge is 2.06. The number of hydroxylamine groups is 1. The molecular weight excluding hydrogens is 330 g/mol. The van der Waals surface area contributed by atoms with Gasteiger partial charge in [-0.15, -0.1) is 0 Å². The topological polar surface area (TPSA) is 82.8 Å². The van der Waals surface area contributed by atoms with E-state index in [9.17, 15) is 9.59 Å². The number of rotatable bonds is 8. The number of nitrogens with one attached hydrogen (secondary N) is 2. The van der Waals surface area contributed by atoms with E-state index < -0.39 is 5.91 Å². The van der Waals surface area contributed by atoms with Gasteiger partial charge in [-0.05, 0) is 36.1 Å². The second-order valence-electron chi connectivity index (χ2n) is 5.84. The molecule has 0 bridgehead atoms. The number of hydrogen-bond acceptors (Lipinski definition) is 3. The second-order valence-corrected chi connectivity index (χ2v) is 5.84. The predicted molar refractivity (Wildman–Crippen MR) is 98.9 cm³/mol. The fourth-order valence-corrected chi connectivity index (χ4v) is 2.49. The maximum Gasteiger partial charge on any atom is 0.251 e. The number of carbonyl (C=O) groups is 2. The van der Waals surface area contributed by atoms with Crippen molar-refractivity contribution in [2.24, 2.45) is 0 Å². The number of unbranched alkanes of at least 4 members (excludes halogenated alkanes) is 2. The molecule has 2 aromatic rings. The van der Waals surface area contributed by atoms with Crippen LogP contribution in [0.15, 0.2) is 48.5 Å². The summed E-state index contributed by atoms with van der Waals surface area (Å²) in [5.74, 6) is -0.522. The molecule has 0 spiro atoms. The molecule has 0 heterocycles. The first-order valence-corrected chi connectivity index (χ1v) is 8.43. The van der Waals surface area contributed by atoms with Gasteiger partial charge < -0.3 is 5.32 Å². The van der Waals surface area contributed by atoms with E-state index in [0.717, 1.165) is 24.0 Å². The van der Waals surface area contributed by atoms with Crippen LogP contribution in [0.1, 0.15) is 36.0 Å². The van der Waals surface area contributed by atoms with E-state index in [0.29, 0.717) is 24.2 Å². The van der Waals surface area contributed by atoms with Crippen LogP contribution in [0.3, 0.4) is 0 Å². The van der Waals surface area contributed by atoms with Gasteiger partial charge in [0.2, 0.25) is 5.91 Å². The minimum atomic E-state index is -0.391. The molecule has 0 unspecified atom stereocenters. The van der Waals surface area contributed by atoms with Crippen LogP contribution in [0, 0.1) is 6.57 Å². The quantitative estimate of drug-likeness (QED) is 0.293. The van der Waals surface area contributed by atoms with Crippen molar-refractivity contribution in [1.29, 1.82) is 0 Å². The maximum absolute atomic E-state index is 12.1. The third kappa shape index (κ3) is 5.72. The number of nitrogens with zero attached hydrogens (tertiary/aromatic N) is 1. The van der Waals surface area contributed by atoms with Gasteiger partial charge in [0.05, 0.1) is 6.57 Å². The van der Waals surface area contributed by atoms with Crippen LogP contribution in [0.25, 0.3) is 16.0 Å². The standard InChI is InChI=1S/C20H21N3O3/c1-21-18-12-10-16(11-13-18)15-6-8-17(9-7-15)20(25)22-14-4-2-3-5-19(24)23-26/h6-13,26H,2-5,14H2,(H,22,25)(H,23,24). The van der Waals surface area contributed by atoms with Crippen LogP contribution in [0.2, 0.25) is 0 Å². The van der Waals surface area contributed by atoms with Crippen molar-refractivity contribution in [3.8, 4) is 11.1 Å². The summed E-state index contributed by atoms with van der Waals surface area (Å²) in [4.78, 5) is 26.3. The van der Waals surface area contributed by atoms with Gasteiger partial charge in [0.15, 0.2) is 5.69 Å². The Morgan fingerprint density at radius 1 is 0.923 bits per heavy atom. The smallest absolute Gasteiger partial charge is 0.251 e. The second kappa shape index (κ2) is 9.97. The molecule has 6 heteroatoms. The van der Waals surface area contributed by atoms with Crippen LogP contribution in [-0.2, 0) is 4.79 Å². The Morgan fingerprint density at radius 3 is 2.12 bits per heavy atom. The van der Waals surface area contributed by atoms with E-state index in [4.69, 9.17) is 11.8 Å². The van der Waals surface area contributed by atoms with Gasteiger partial charge in [-0.25, -0.2) is 10.3 Å². The van der Waals surface area contributed by atoms with E-state index >= 15 is 0 Å². The minimum Gasteiger partial charge on any atom is -0.352 e. The van der Waals surface area contributed by atoms with Crippen molar-refractivity contribution in [3.63, 3.8) is 0 Å². The van der Waals surface area contributed by atoms with Gasteiger partial charge in [0, 0.05) is 18.5 Å². The van der Waals surface area contributed by atoms with Crippen molar-refractivity contribution < 1.29 is 14.8 Å². The Bertz CT molecular complexity index is 777. The van der Waals surface area contributed by atoms with E-state index in [1.807, 2.05) is 24.3 Å². The van der Waals surface area contributed by atoms with Gasteiger partial charge in [-0.1, -0.05) is 42.8 Å². The lowest BCUT2D eigenvalue weighted by atomic mass is 10.0. The number of benzene rings is 2. The first-order valence-electron chi connectivity index (χ1n) is 8.43. The van der Waals surface area contributed by atoms with Gasteiger partial charge in [0.1, 0.15) is 0 Å². The predicted octanol–water partition coefficient (Wildman–Crippen LogP) is 3.70. The fourth-order valence-electron chi connectivity index (χ4n) is 2.49. The van der Waals surface area contributed by atoms with E-state index in [-0.39, 0.29) is 12.3 Å². The Morgan fingerprint density at radius 2 is 1.54 bits per heavy atom. The largest absolute Gasteiger partial charge is 0.352 e. The first kappa shape index (κ1) is 19.2. The summed E-state index contributed by atoms with van der Waals surface area (Å²) < 4.78 is 0. The molecule has 0 atom stereocenters. The lowest BCUT2D eigenvalue weighted by Gasteiger charge is -2.07. The lowest BCUT2D eigenvalue weighted by Crippen LogP contribution is -2.24. The molecule has 26 heavy (non-hydrogen) atoms. The fraction of sp³-hybridized carbons (Fsp3) is 0.250. The van der Waals surface area contributed by atoms with Crippen molar-refractivity contribution in [2.45, 2.75) is 25.7 Å². The molecule has 0 aliphatic carbocycles. The molecule has 2 aromatic carbocycles. The summed E-state index contributed by atoms with van der Waals surface area (Å²) in [6, 6.07) is 14.6. The van der Waals surface area contributed by atoms with Crippen LogP contribution in [0.5, 0.6) is 0 Å². The maximum atomic E-state index is 12.1. The molecule has 0 radical (unpaired) electrons. The van der Waals surface area contributed by atoms with Gasteiger partial charge in [-0.2, -0.15) is 0 Å². The minimum absolute atomic E-state index is 0.131. The zero-order chi connectivity index (χ0) is 18.8. The third-order valence-electron chi connectivity index (χ3n) is 3.97. The van der Waals surface area contributed by atoms with Crippen molar-refractivity contribution in [1.82, 2.24) is 10.8 Å². The highest BCUT2D eigenvalue weighted by molar-refractivity contribution is 5.94. The summed E-state index contributed by atoms with van der Waals surface area (Å²) in [7, 11) is 0. The van der Waals surface area contributed by atoms with Crippen LogP contribution in [-0.4, -0.2) is 23.6 Å². The molecule has 0 aliphatic rings. The Balaban J connectivity index is 1.79. The van der Waals surface area contributed by atoms with Crippen LogP contribution < -0.4 is 10.8 Å². The zero-order valence-electron chi connectivity index (χ0n) is 14.4. The molecule has 2 rings (SSSR count). The highest BCUT2D eigenvalue weighted by atomic mass is 16.5. The molecule has 6 nitrogen and oxygen atoms in total. The lowest BCUT2D eigenvalue weighted by molar-refractivity contribution is -0.129. The normalized spacial score (nSPS) is 10.0. The molecule has 0 aliphatic heterocycles. The molecule has 0 aromatic heterocycles. The van der Waals surface area contributed by atoms with E-state index in [1.54, 1.807) is 29.7 Å². The summed E-state index contributed by atoms with van der Waals surface area (Å²) >= 11 is 0. The Hall–Kier alpha value is -3.17. The van der Waals surface area contributed by atoms with Gasteiger partial charge >= 0.3 is 0 Å². The molecule has 0 fully saturated rings. The molecular formula is C20H21N3O3. The van der Waals surface area contributed by atoms with Crippen LogP contribution in [0.4, 0.5) is 5.69 Å². The van der Waals surface area contributed by atoms with Crippen molar-refractivity contribution in [3.05, 3.63) is 65.5 Å². The molecule has 134 valence electrons. The molecule has 0 saturated carbocycles. The number of amides is 2. The Kier molecular flexibility index (Phi) is 7.34. The highest BCUT2D eigenvalue weighted by Crippen LogP contribution is 2.23. The average molecular weight is 351 g/mol. The van der Waals surface area contributed by atoms with E-state index in [1.165, 1.54) is 0 Å². The van der Waals surface area contributed by atoms with Gasteiger partial charge in [0.25, 0.3) is 5.91 Å². The third-order valence-corrected chi connectivity index (χ3v) is 3.97. The summed E-state index contributed by atoms with van der Waals surface area (Å²) in [5, 5.41) is 11.2. The molecule has 3 N–H and O–H groups in total. The number of carbonyl (C=O) groups excluding carboxylic acids is 2. The zero-order valence-corrected chi connectivity index (χ0v) is 14.4. The SMILES string of the molecule is [C-]#[N+]c1ccc(-c2ccc(C(=O)NCCCCCC(=O)NO)cc2)cc1. The van der Waals surface area contributed by atoms with Crippen molar-refractivity contribution in [2.75, 3.05) is 6.54 Å². The molecule has 0 saturated heterocycles. The molecule has 2 amide bonds.